The van der Waals surface area contributed by atoms with Crippen molar-refractivity contribution in [3.8, 4) is 0 Å². The molecule has 0 unspecified atom stereocenters. The van der Waals surface area contributed by atoms with Crippen LogP contribution in [-0.2, 0) is 24.8 Å². The van der Waals surface area contributed by atoms with Crippen LogP contribution in [0.1, 0.15) is 31.2 Å². The zero-order valence-corrected chi connectivity index (χ0v) is 16.7. The molecule has 4 rings (SSSR count). The highest BCUT2D eigenvalue weighted by atomic mass is 16.1. The zero-order chi connectivity index (χ0) is 19.5. The van der Waals surface area contributed by atoms with E-state index in [1.54, 1.807) is 0 Å². The summed E-state index contributed by atoms with van der Waals surface area (Å²) in [7, 11) is 2.07. The number of para-hydroxylation sites is 2. The number of piperidine rings is 1. The topological polar surface area (TPSA) is 50.2 Å². The fourth-order valence-electron chi connectivity index (χ4n) is 4.06. The molecule has 1 saturated heterocycles. The average Bonchev–Trinajstić information content (AvgIpc) is 3.04. The molecule has 0 aliphatic carbocycles. The van der Waals surface area contributed by atoms with E-state index in [1.165, 1.54) is 5.56 Å². The molecule has 146 valence electrons. The van der Waals surface area contributed by atoms with Crippen LogP contribution in [0.3, 0.4) is 0 Å². The van der Waals surface area contributed by atoms with Gasteiger partial charge in [0.05, 0.1) is 23.5 Å². The molecule has 0 bridgehead atoms. The van der Waals surface area contributed by atoms with Gasteiger partial charge in [0, 0.05) is 19.3 Å². The molecule has 2 aromatic carbocycles. The second-order valence-electron chi connectivity index (χ2n) is 7.69. The molecule has 1 aromatic heterocycles. The number of nitrogens with zero attached hydrogens (tertiary/aromatic N) is 3. The Labute approximate surface area is 166 Å². The van der Waals surface area contributed by atoms with Gasteiger partial charge in [-0.05, 0) is 55.6 Å². The number of hydrogen-bond donors (Lipinski definition) is 1. The van der Waals surface area contributed by atoms with Gasteiger partial charge in [-0.3, -0.25) is 9.69 Å². The molecule has 1 atom stereocenters. The van der Waals surface area contributed by atoms with Gasteiger partial charge in [0.2, 0.25) is 5.91 Å². The summed E-state index contributed by atoms with van der Waals surface area (Å²) in [5.41, 5.74) is 4.32. The second kappa shape index (κ2) is 8.15. The molecule has 2 heterocycles. The van der Waals surface area contributed by atoms with E-state index in [0.29, 0.717) is 0 Å². The lowest BCUT2D eigenvalue weighted by atomic mass is 9.97. The van der Waals surface area contributed by atoms with E-state index in [9.17, 15) is 4.79 Å². The summed E-state index contributed by atoms with van der Waals surface area (Å²) in [6.45, 7) is 4.70. The van der Waals surface area contributed by atoms with Crippen molar-refractivity contribution in [1.29, 1.82) is 0 Å². The molecule has 1 aliphatic rings. The molecule has 3 aromatic rings. The summed E-state index contributed by atoms with van der Waals surface area (Å²) in [6.07, 6.45) is 2.95. The molecule has 1 fully saturated rings. The summed E-state index contributed by atoms with van der Waals surface area (Å²) >= 11 is 0. The largest absolute Gasteiger partial charge is 0.330 e. The number of amides is 1. The molecule has 0 saturated carbocycles. The molecular weight excluding hydrogens is 348 g/mol. The van der Waals surface area contributed by atoms with E-state index in [0.717, 1.165) is 61.4 Å². The first-order valence-corrected chi connectivity index (χ1v) is 10.2. The van der Waals surface area contributed by atoms with Crippen LogP contribution in [0.15, 0.2) is 48.5 Å². The smallest absolute Gasteiger partial charge is 0.228 e. The highest BCUT2D eigenvalue weighted by Gasteiger charge is 2.26. The predicted molar refractivity (Wildman–Crippen MR) is 113 cm³/mol. The summed E-state index contributed by atoms with van der Waals surface area (Å²) in [6, 6.07) is 16.4. The SMILES string of the molecule is CCc1cccc(NC(=O)[C@@H]2CCCN(Cc3nc4ccccc4n3C)C2)c1. The third-order valence-corrected chi connectivity index (χ3v) is 5.72. The monoisotopic (exact) mass is 376 g/mol. The maximum absolute atomic E-state index is 12.8. The van der Waals surface area contributed by atoms with Gasteiger partial charge in [-0.2, -0.15) is 0 Å². The van der Waals surface area contributed by atoms with Crippen molar-refractivity contribution in [3.63, 3.8) is 0 Å². The minimum absolute atomic E-state index is 0.0220. The number of anilines is 1. The molecule has 5 heteroatoms. The predicted octanol–water partition coefficient (Wildman–Crippen LogP) is 3.99. The first kappa shape index (κ1) is 18.7. The lowest BCUT2D eigenvalue weighted by molar-refractivity contribution is -0.121. The van der Waals surface area contributed by atoms with Gasteiger partial charge in [-0.25, -0.2) is 4.98 Å². The van der Waals surface area contributed by atoms with Gasteiger partial charge in [0.25, 0.3) is 0 Å². The number of imidazole rings is 1. The van der Waals surface area contributed by atoms with Crippen molar-refractivity contribution in [3.05, 3.63) is 59.9 Å². The third-order valence-electron chi connectivity index (χ3n) is 5.72. The number of aromatic nitrogens is 2. The number of rotatable bonds is 5. The molecule has 0 radical (unpaired) electrons. The first-order chi connectivity index (χ1) is 13.6. The molecule has 1 aliphatic heterocycles. The molecule has 1 amide bonds. The average molecular weight is 377 g/mol. The van der Waals surface area contributed by atoms with Gasteiger partial charge in [0.15, 0.2) is 0 Å². The van der Waals surface area contributed by atoms with Crippen molar-refractivity contribution in [2.45, 2.75) is 32.7 Å². The number of carbonyl (C=O) groups is 1. The maximum Gasteiger partial charge on any atom is 0.228 e. The van der Waals surface area contributed by atoms with E-state index in [2.05, 4.69) is 53.0 Å². The summed E-state index contributed by atoms with van der Waals surface area (Å²) in [5, 5.41) is 3.12. The minimum atomic E-state index is 0.0220. The summed E-state index contributed by atoms with van der Waals surface area (Å²) in [5.74, 6) is 1.20. The Balaban J connectivity index is 1.42. The molecule has 1 N–H and O–H groups in total. The fourth-order valence-corrected chi connectivity index (χ4v) is 4.06. The zero-order valence-electron chi connectivity index (χ0n) is 16.7. The molecule has 0 spiro atoms. The van der Waals surface area contributed by atoms with Crippen molar-refractivity contribution in [1.82, 2.24) is 14.5 Å². The highest BCUT2D eigenvalue weighted by molar-refractivity contribution is 5.92. The molecular formula is C23H28N4O. The van der Waals surface area contributed by atoms with Gasteiger partial charge < -0.3 is 9.88 Å². The third kappa shape index (κ3) is 3.94. The van der Waals surface area contributed by atoms with E-state index >= 15 is 0 Å². The van der Waals surface area contributed by atoms with Crippen molar-refractivity contribution < 1.29 is 4.79 Å². The Bertz CT molecular complexity index is 978. The van der Waals surface area contributed by atoms with Crippen LogP contribution in [0.25, 0.3) is 11.0 Å². The number of aryl methyl sites for hydroxylation is 2. The second-order valence-corrected chi connectivity index (χ2v) is 7.69. The molecule has 5 nitrogen and oxygen atoms in total. The summed E-state index contributed by atoms with van der Waals surface area (Å²) < 4.78 is 2.16. The van der Waals surface area contributed by atoms with Crippen LogP contribution in [0.2, 0.25) is 0 Å². The van der Waals surface area contributed by atoms with Gasteiger partial charge >= 0.3 is 0 Å². The fraction of sp³-hybridized carbons (Fsp3) is 0.391. The quantitative estimate of drug-likeness (QED) is 0.733. The number of carbonyl (C=O) groups excluding carboxylic acids is 1. The van der Waals surface area contributed by atoms with Gasteiger partial charge in [0.1, 0.15) is 5.82 Å². The summed E-state index contributed by atoms with van der Waals surface area (Å²) in [4.78, 5) is 20.0. The minimum Gasteiger partial charge on any atom is -0.330 e. The van der Waals surface area contributed by atoms with E-state index < -0.39 is 0 Å². The standard InChI is InChI=1S/C23H28N4O/c1-3-17-8-6-10-19(14-17)24-23(28)18-9-7-13-27(15-18)16-22-25-20-11-4-5-12-21(20)26(22)2/h4-6,8,10-12,14,18H,3,7,9,13,15-16H2,1-2H3,(H,24,28)/t18-/m1/s1. The Kier molecular flexibility index (Phi) is 5.44. The van der Waals surface area contributed by atoms with E-state index in [-0.39, 0.29) is 11.8 Å². The Morgan fingerprint density at radius 2 is 2.07 bits per heavy atom. The van der Waals surface area contributed by atoms with Gasteiger partial charge in [-0.1, -0.05) is 31.2 Å². The van der Waals surface area contributed by atoms with Crippen LogP contribution >= 0.6 is 0 Å². The maximum atomic E-state index is 12.8. The molecule has 28 heavy (non-hydrogen) atoms. The van der Waals surface area contributed by atoms with Crippen LogP contribution in [0.4, 0.5) is 5.69 Å². The number of fused-ring (bicyclic) bond motifs is 1. The Morgan fingerprint density at radius 3 is 2.89 bits per heavy atom. The Morgan fingerprint density at radius 1 is 1.21 bits per heavy atom. The van der Waals surface area contributed by atoms with Crippen molar-refractivity contribution in [2.75, 3.05) is 18.4 Å². The van der Waals surface area contributed by atoms with E-state index in [1.807, 2.05) is 24.3 Å². The van der Waals surface area contributed by atoms with Crippen LogP contribution in [0.5, 0.6) is 0 Å². The van der Waals surface area contributed by atoms with Crippen LogP contribution in [-0.4, -0.2) is 33.4 Å². The van der Waals surface area contributed by atoms with Crippen LogP contribution < -0.4 is 5.32 Å². The van der Waals surface area contributed by atoms with Crippen LogP contribution in [0, 0.1) is 5.92 Å². The number of likely N-dealkylation sites (tertiary alicyclic amines) is 1. The normalized spacial score (nSPS) is 17.7. The number of benzene rings is 2. The first-order valence-electron chi connectivity index (χ1n) is 10.2. The van der Waals surface area contributed by atoms with Crippen molar-refractivity contribution in [2.24, 2.45) is 13.0 Å². The number of hydrogen-bond acceptors (Lipinski definition) is 3. The lowest BCUT2D eigenvalue weighted by Crippen LogP contribution is -2.40. The van der Waals surface area contributed by atoms with Gasteiger partial charge in [-0.15, -0.1) is 0 Å². The van der Waals surface area contributed by atoms with E-state index in [4.69, 9.17) is 4.98 Å². The van der Waals surface area contributed by atoms with Crippen molar-refractivity contribution >= 4 is 22.6 Å². The number of nitrogens with one attached hydrogen (secondary N) is 1. The highest BCUT2D eigenvalue weighted by Crippen LogP contribution is 2.22. The Hall–Kier alpha value is -2.66. The lowest BCUT2D eigenvalue weighted by Gasteiger charge is -2.31.